The van der Waals surface area contributed by atoms with Crippen LogP contribution in [0.2, 0.25) is 0 Å². The maximum absolute atomic E-state index is 3.71. The van der Waals surface area contributed by atoms with E-state index in [1.54, 1.807) is 0 Å². The highest BCUT2D eigenvalue weighted by molar-refractivity contribution is 7.13. The van der Waals surface area contributed by atoms with Crippen LogP contribution >= 0.6 is 11.3 Å². The Balaban J connectivity index is 1.92. The molecule has 0 bridgehead atoms. The summed E-state index contributed by atoms with van der Waals surface area (Å²) in [6.45, 7) is 2.16. The molecule has 0 atom stereocenters. The molecule has 0 amide bonds. The molecule has 1 aliphatic carbocycles. The van der Waals surface area contributed by atoms with Crippen molar-refractivity contribution in [2.24, 2.45) is 0 Å². The number of nitrogens with one attached hydrogen (secondary N) is 1. The Labute approximate surface area is 129 Å². The topological polar surface area (TPSA) is 15.8 Å². The summed E-state index contributed by atoms with van der Waals surface area (Å²) in [7, 11) is 0. The third-order valence-electron chi connectivity index (χ3n) is 4.07. The van der Waals surface area contributed by atoms with Gasteiger partial charge >= 0.3 is 0 Å². The van der Waals surface area contributed by atoms with E-state index in [0.717, 1.165) is 12.8 Å². The Morgan fingerprint density at radius 2 is 1.67 bits per heavy atom. The summed E-state index contributed by atoms with van der Waals surface area (Å²) in [5, 5.41) is 2.23. The minimum Gasteiger partial charge on any atom is -0.353 e. The summed E-state index contributed by atoms with van der Waals surface area (Å²) in [6, 6.07) is 12.9. The lowest BCUT2D eigenvalue weighted by Gasteiger charge is -2.08. The van der Waals surface area contributed by atoms with Crippen molar-refractivity contribution >= 4 is 11.3 Å². The van der Waals surface area contributed by atoms with Gasteiger partial charge in [0.1, 0.15) is 0 Å². The van der Waals surface area contributed by atoms with Gasteiger partial charge in [0.15, 0.2) is 0 Å². The molecule has 0 aliphatic heterocycles. The van der Waals surface area contributed by atoms with Gasteiger partial charge in [-0.05, 0) is 53.5 Å². The molecule has 2 aromatic heterocycles. The van der Waals surface area contributed by atoms with Crippen LogP contribution < -0.4 is 0 Å². The normalized spacial score (nSPS) is 13.4. The Hall–Kier alpha value is -2.06. The van der Waals surface area contributed by atoms with Crippen molar-refractivity contribution in [1.82, 2.24) is 4.98 Å². The highest BCUT2D eigenvalue weighted by Crippen LogP contribution is 2.38. The average Bonchev–Trinajstić information content (AvgIpc) is 3.12. The molecule has 4 rings (SSSR count). The third-order valence-corrected chi connectivity index (χ3v) is 5.13. The Kier molecular flexibility index (Phi) is 3.04. The number of aromatic amines is 1. The molecule has 0 spiro atoms. The molecule has 21 heavy (non-hydrogen) atoms. The van der Waals surface area contributed by atoms with E-state index in [-0.39, 0.29) is 0 Å². The number of hydrogen-bond acceptors (Lipinski definition) is 1. The van der Waals surface area contributed by atoms with E-state index in [4.69, 9.17) is 0 Å². The van der Waals surface area contributed by atoms with Gasteiger partial charge in [0.2, 0.25) is 0 Å². The molecule has 104 valence electrons. The average molecular weight is 291 g/mol. The van der Waals surface area contributed by atoms with Crippen LogP contribution in [0, 0.1) is 6.92 Å². The van der Waals surface area contributed by atoms with Gasteiger partial charge in [0.05, 0.1) is 10.6 Å². The monoisotopic (exact) mass is 291 g/mol. The van der Waals surface area contributed by atoms with Crippen molar-refractivity contribution in [1.29, 1.82) is 0 Å². The molecule has 1 N–H and O–H groups in total. The molecule has 0 saturated carbocycles. The fourth-order valence-electron chi connectivity index (χ4n) is 3.05. The summed E-state index contributed by atoms with van der Waals surface area (Å²) in [6.07, 6.45) is 6.63. The number of hydrogen-bond donors (Lipinski definition) is 1. The second-order valence-electron chi connectivity index (χ2n) is 5.57. The van der Waals surface area contributed by atoms with Crippen LogP contribution in [0.4, 0.5) is 0 Å². The molecule has 0 fully saturated rings. The number of aromatic nitrogens is 1. The molecule has 2 heterocycles. The van der Waals surface area contributed by atoms with Crippen LogP contribution in [-0.4, -0.2) is 4.98 Å². The highest BCUT2D eigenvalue weighted by atomic mass is 32.1. The molecule has 3 aromatic rings. The Morgan fingerprint density at radius 1 is 0.952 bits per heavy atom. The predicted octanol–water partition coefficient (Wildman–Crippen LogP) is 5.37. The predicted molar refractivity (Wildman–Crippen MR) is 90.8 cm³/mol. The van der Waals surface area contributed by atoms with Gasteiger partial charge in [-0.1, -0.05) is 42.5 Å². The number of allylic oxidation sites excluding steroid dienone is 2. The second-order valence-corrected chi connectivity index (χ2v) is 6.48. The molecule has 1 aromatic carbocycles. The lowest BCUT2D eigenvalue weighted by molar-refractivity contribution is 1.12. The Morgan fingerprint density at radius 3 is 2.33 bits per heavy atom. The smallest absolute Gasteiger partial charge is 0.0599 e. The first kappa shape index (κ1) is 12.7. The highest BCUT2D eigenvalue weighted by Gasteiger charge is 2.20. The summed E-state index contributed by atoms with van der Waals surface area (Å²) >= 11 is 1.83. The van der Waals surface area contributed by atoms with Crippen molar-refractivity contribution < 1.29 is 0 Å². The first-order chi connectivity index (χ1) is 10.3. The summed E-state index contributed by atoms with van der Waals surface area (Å²) < 4.78 is 0. The van der Waals surface area contributed by atoms with E-state index in [9.17, 15) is 0 Å². The zero-order valence-electron chi connectivity index (χ0n) is 12.0. The van der Waals surface area contributed by atoms with Gasteiger partial charge < -0.3 is 4.98 Å². The van der Waals surface area contributed by atoms with Gasteiger partial charge in [-0.15, -0.1) is 11.3 Å². The number of aryl methyl sites for hydroxylation is 1. The number of fused-ring (bicyclic) bond motifs is 1. The molecule has 0 radical (unpaired) electrons. The molecular weight excluding hydrogens is 274 g/mol. The lowest BCUT2D eigenvalue weighted by atomic mass is 9.95. The van der Waals surface area contributed by atoms with E-state index in [0.29, 0.717) is 0 Å². The van der Waals surface area contributed by atoms with Gasteiger partial charge in [-0.25, -0.2) is 0 Å². The van der Waals surface area contributed by atoms with Crippen LogP contribution in [0.25, 0.3) is 21.8 Å². The van der Waals surface area contributed by atoms with Crippen LogP contribution in [-0.2, 0) is 12.8 Å². The van der Waals surface area contributed by atoms with E-state index < -0.39 is 0 Å². The van der Waals surface area contributed by atoms with Crippen molar-refractivity contribution in [3.63, 3.8) is 0 Å². The molecule has 0 saturated heterocycles. The lowest BCUT2D eigenvalue weighted by Crippen LogP contribution is -1.95. The number of thiophene rings is 1. The zero-order valence-corrected chi connectivity index (χ0v) is 12.8. The van der Waals surface area contributed by atoms with Crippen LogP contribution in [0.3, 0.4) is 0 Å². The minimum absolute atomic E-state index is 1.03. The summed E-state index contributed by atoms with van der Waals surface area (Å²) in [5.74, 6) is 0. The summed E-state index contributed by atoms with van der Waals surface area (Å²) in [5.41, 5.74) is 8.15. The van der Waals surface area contributed by atoms with Gasteiger partial charge in [0, 0.05) is 5.69 Å². The maximum atomic E-state index is 3.71. The largest absolute Gasteiger partial charge is 0.353 e. The minimum atomic E-state index is 1.03. The SMILES string of the molecule is Cc1csc(-c2[nH]c(-c3ccccc3)c3c2CC=CC3)c1. The van der Waals surface area contributed by atoms with Crippen molar-refractivity contribution in [3.05, 3.63) is 70.6 Å². The first-order valence-corrected chi connectivity index (χ1v) is 8.20. The number of H-pyrrole nitrogens is 1. The molecule has 1 aliphatic rings. The van der Waals surface area contributed by atoms with Crippen molar-refractivity contribution in [2.75, 3.05) is 0 Å². The molecule has 1 nitrogen and oxygen atoms in total. The standard InChI is InChI=1S/C19H17NS/c1-13-11-17(21-12-13)19-16-10-6-5-9-15(16)18(20-19)14-7-3-2-4-8-14/h2-8,11-12,20H,9-10H2,1H3. The van der Waals surface area contributed by atoms with Crippen molar-refractivity contribution in [3.8, 4) is 21.8 Å². The maximum Gasteiger partial charge on any atom is 0.0599 e. The number of benzene rings is 1. The van der Waals surface area contributed by atoms with E-state index in [1.807, 2.05) is 11.3 Å². The molecule has 2 heteroatoms. The second kappa shape index (κ2) is 5.05. The van der Waals surface area contributed by atoms with Gasteiger partial charge in [0.25, 0.3) is 0 Å². The van der Waals surface area contributed by atoms with Crippen LogP contribution in [0.1, 0.15) is 16.7 Å². The Bertz CT molecular complexity index is 805. The quantitative estimate of drug-likeness (QED) is 0.611. The fourth-order valence-corrected chi connectivity index (χ4v) is 3.98. The zero-order chi connectivity index (χ0) is 14.2. The first-order valence-electron chi connectivity index (χ1n) is 7.32. The van der Waals surface area contributed by atoms with Gasteiger partial charge in [-0.2, -0.15) is 0 Å². The fraction of sp³-hybridized carbons (Fsp3) is 0.158. The van der Waals surface area contributed by atoms with Crippen molar-refractivity contribution in [2.45, 2.75) is 19.8 Å². The van der Waals surface area contributed by atoms with E-state index in [1.165, 1.54) is 38.5 Å². The molecule has 0 unspecified atom stereocenters. The van der Waals surface area contributed by atoms with Gasteiger partial charge in [-0.3, -0.25) is 0 Å². The number of rotatable bonds is 2. The molecular formula is C19H17NS. The van der Waals surface area contributed by atoms with E-state index >= 15 is 0 Å². The third kappa shape index (κ3) is 2.16. The van der Waals surface area contributed by atoms with Crippen LogP contribution in [0.5, 0.6) is 0 Å². The van der Waals surface area contributed by atoms with Crippen LogP contribution in [0.15, 0.2) is 53.9 Å². The van der Waals surface area contributed by atoms with E-state index in [2.05, 4.69) is 65.8 Å². The summed E-state index contributed by atoms with van der Waals surface area (Å²) in [4.78, 5) is 5.06.